The number of rotatable bonds is 5. The predicted molar refractivity (Wildman–Crippen MR) is 85.7 cm³/mol. The number of furan rings is 1. The van der Waals surface area contributed by atoms with Crippen LogP contribution in [0, 0.1) is 0 Å². The van der Waals surface area contributed by atoms with E-state index in [2.05, 4.69) is 10.2 Å². The lowest BCUT2D eigenvalue weighted by atomic mass is 10.2. The SMILES string of the molecule is CS(=O)(=O)c1ccc(Cl)c(C(=O)OCc2nnc(-c3ccco3)o2)c1. The molecule has 2 heterocycles. The van der Waals surface area contributed by atoms with Gasteiger partial charge in [0.15, 0.2) is 22.2 Å². The van der Waals surface area contributed by atoms with Crippen molar-refractivity contribution in [2.24, 2.45) is 0 Å². The van der Waals surface area contributed by atoms with Crippen LogP contribution in [0.3, 0.4) is 0 Å². The molecule has 8 nitrogen and oxygen atoms in total. The van der Waals surface area contributed by atoms with Crippen molar-refractivity contribution in [1.29, 1.82) is 0 Å². The number of hydrogen-bond acceptors (Lipinski definition) is 8. The van der Waals surface area contributed by atoms with Crippen LogP contribution in [-0.4, -0.2) is 30.8 Å². The molecular weight excluding hydrogens is 372 g/mol. The first-order chi connectivity index (χ1) is 11.8. The number of sulfone groups is 1. The Morgan fingerprint density at radius 2 is 2.08 bits per heavy atom. The highest BCUT2D eigenvalue weighted by Gasteiger charge is 2.18. The Morgan fingerprint density at radius 1 is 1.28 bits per heavy atom. The van der Waals surface area contributed by atoms with E-state index in [0.29, 0.717) is 5.76 Å². The van der Waals surface area contributed by atoms with Crippen molar-refractivity contribution >= 4 is 27.4 Å². The van der Waals surface area contributed by atoms with Crippen LogP contribution >= 0.6 is 11.6 Å². The summed E-state index contributed by atoms with van der Waals surface area (Å²) >= 11 is 5.94. The van der Waals surface area contributed by atoms with Gasteiger partial charge in [0.25, 0.3) is 11.8 Å². The van der Waals surface area contributed by atoms with E-state index in [4.69, 9.17) is 25.2 Å². The fourth-order valence-corrected chi connectivity index (χ4v) is 2.75. The van der Waals surface area contributed by atoms with Gasteiger partial charge in [-0.3, -0.25) is 0 Å². The van der Waals surface area contributed by atoms with E-state index in [1.54, 1.807) is 12.1 Å². The van der Waals surface area contributed by atoms with E-state index < -0.39 is 15.8 Å². The smallest absolute Gasteiger partial charge is 0.340 e. The maximum atomic E-state index is 12.1. The molecule has 130 valence electrons. The van der Waals surface area contributed by atoms with Crippen molar-refractivity contribution in [2.75, 3.05) is 6.26 Å². The lowest BCUT2D eigenvalue weighted by molar-refractivity contribution is 0.0438. The highest BCUT2D eigenvalue weighted by atomic mass is 35.5. The standard InChI is InChI=1S/C15H11ClN2O6S/c1-25(20,21)9-4-5-11(16)10(7-9)15(19)23-8-13-17-18-14(24-13)12-3-2-6-22-12/h2-7H,8H2,1H3. The second-order valence-corrected chi connectivity index (χ2v) is 7.39. The Balaban J connectivity index is 1.73. The van der Waals surface area contributed by atoms with E-state index in [0.717, 1.165) is 12.3 Å². The summed E-state index contributed by atoms with van der Waals surface area (Å²) in [6.45, 7) is -0.300. The van der Waals surface area contributed by atoms with Crippen molar-refractivity contribution in [3.05, 3.63) is 53.1 Å². The summed E-state index contributed by atoms with van der Waals surface area (Å²) in [7, 11) is -3.48. The highest BCUT2D eigenvalue weighted by molar-refractivity contribution is 7.90. The second kappa shape index (κ2) is 6.69. The summed E-state index contributed by atoms with van der Waals surface area (Å²) in [6, 6.07) is 7.08. The molecule has 0 N–H and O–H groups in total. The molecule has 0 bridgehead atoms. The van der Waals surface area contributed by atoms with Gasteiger partial charge >= 0.3 is 5.97 Å². The van der Waals surface area contributed by atoms with E-state index in [1.165, 1.54) is 18.4 Å². The van der Waals surface area contributed by atoms with E-state index in [9.17, 15) is 13.2 Å². The minimum atomic E-state index is -3.48. The third kappa shape index (κ3) is 3.89. The molecule has 0 unspecified atom stereocenters. The average Bonchev–Trinajstić information content (AvgIpc) is 3.23. The fraction of sp³-hybridized carbons (Fsp3) is 0.133. The fourth-order valence-electron chi connectivity index (χ4n) is 1.91. The summed E-state index contributed by atoms with van der Waals surface area (Å²) < 4.78 is 38.6. The van der Waals surface area contributed by atoms with Gasteiger partial charge in [0.1, 0.15) is 0 Å². The number of halogens is 1. The Labute approximate surface area is 147 Å². The Hall–Kier alpha value is -2.65. The summed E-state index contributed by atoms with van der Waals surface area (Å²) in [4.78, 5) is 12.1. The number of benzene rings is 1. The molecule has 0 saturated heterocycles. The van der Waals surface area contributed by atoms with E-state index >= 15 is 0 Å². The molecule has 25 heavy (non-hydrogen) atoms. The number of carbonyl (C=O) groups is 1. The molecule has 0 aliphatic heterocycles. The molecule has 0 saturated carbocycles. The molecule has 2 aromatic heterocycles. The van der Waals surface area contributed by atoms with Crippen LogP contribution in [-0.2, 0) is 21.2 Å². The third-order valence-electron chi connectivity index (χ3n) is 3.11. The molecule has 0 spiro atoms. The van der Waals surface area contributed by atoms with Crippen LogP contribution in [0.15, 0.2) is 50.3 Å². The van der Waals surface area contributed by atoms with Crippen LogP contribution in [0.1, 0.15) is 16.2 Å². The number of aromatic nitrogens is 2. The zero-order valence-corrected chi connectivity index (χ0v) is 14.4. The molecular formula is C15H11ClN2O6S. The summed E-state index contributed by atoms with van der Waals surface area (Å²) in [5.74, 6) is -0.231. The Morgan fingerprint density at radius 3 is 2.76 bits per heavy atom. The highest BCUT2D eigenvalue weighted by Crippen LogP contribution is 2.22. The number of ether oxygens (including phenoxy) is 1. The maximum absolute atomic E-state index is 12.1. The monoisotopic (exact) mass is 382 g/mol. The first-order valence-electron chi connectivity index (χ1n) is 6.87. The predicted octanol–water partition coefficient (Wildman–Crippen LogP) is 2.74. The molecule has 0 aliphatic rings. The van der Waals surface area contributed by atoms with E-state index in [1.807, 2.05) is 0 Å². The Bertz CT molecular complexity index is 1010. The lowest BCUT2D eigenvalue weighted by Crippen LogP contribution is -2.08. The summed E-state index contributed by atoms with van der Waals surface area (Å²) in [5, 5.41) is 7.57. The van der Waals surface area contributed by atoms with Gasteiger partial charge in [-0.1, -0.05) is 11.6 Å². The van der Waals surface area contributed by atoms with Crippen LogP contribution in [0.25, 0.3) is 11.7 Å². The molecule has 0 atom stereocenters. The minimum Gasteiger partial charge on any atom is -0.459 e. The molecule has 3 rings (SSSR count). The van der Waals surface area contributed by atoms with Gasteiger partial charge in [-0.05, 0) is 30.3 Å². The van der Waals surface area contributed by atoms with E-state index in [-0.39, 0.29) is 33.9 Å². The topological polar surface area (TPSA) is 112 Å². The summed E-state index contributed by atoms with van der Waals surface area (Å²) in [6.07, 6.45) is 2.48. The largest absolute Gasteiger partial charge is 0.459 e. The first kappa shape index (κ1) is 17.2. The van der Waals surface area contributed by atoms with Crippen molar-refractivity contribution in [2.45, 2.75) is 11.5 Å². The van der Waals surface area contributed by atoms with Gasteiger partial charge in [-0.15, -0.1) is 10.2 Å². The molecule has 0 radical (unpaired) electrons. The van der Waals surface area contributed by atoms with Gasteiger partial charge in [0.05, 0.1) is 21.7 Å². The molecule has 0 amide bonds. The maximum Gasteiger partial charge on any atom is 0.340 e. The van der Waals surface area contributed by atoms with Gasteiger partial charge < -0.3 is 13.6 Å². The molecule has 0 aliphatic carbocycles. The Kier molecular flexibility index (Phi) is 4.60. The van der Waals surface area contributed by atoms with Gasteiger partial charge in [0, 0.05) is 6.26 Å². The van der Waals surface area contributed by atoms with Gasteiger partial charge in [-0.2, -0.15) is 0 Å². The normalized spacial score (nSPS) is 11.4. The minimum absolute atomic E-state index is 0.0401. The van der Waals surface area contributed by atoms with Crippen LogP contribution < -0.4 is 0 Å². The molecule has 3 aromatic rings. The zero-order valence-electron chi connectivity index (χ0n) is 12.8. The zero-order chi connectivity index (χ0) is 18.0. The molecule has 1 aromatic carbocycles. The van der Waals surface area contributed by atoms with Gasteiger partial charge in [0.2, 0.25) is 0 Å². The molecule has 10 heteroatoms. The third-order valence-corrected chi connectivity index (χ3v) is 4.55. The second-order valence-electron chi connectivity index (χ2n) is 4.97. The van der Waals surface area contributed by atoms with Crippen LogP contribution in [0.4, 0.5) is 0 Å². The van der Waals surface area contributed by atoms with Crippen molar-refractivity contribution in [3.8, 4) is 11.7 Å². The molecule has 0 fully saturated rings. The van der Waals surface area contributed by atoms with Crippen molar-refractivity contribution < 1.29 is 26.8 Å². The van der Waals surface area contributed by atoms with Crippen molar-refractivity contribution in [1.82, 2.24) is 10.2 Å². The number of carbonyl (C=O) groups excluding carboxylic acids is 1. The summed E-state index contributed by atoms with van der Waals surface area (Å²) in [5.41, 5.74) is -0.0737. The van der Waals surface area contributed by atoms with Crippen LogP contribution in [0.5, 0.6) is 0 Å². The first-order valence-corrected chi connectivity index (χ1v) is 9.14. The van der Waals surface area contributed by atoms with Crippen molar-refractivity contribution in [3.63, 3.8) is 0 Å². The number of hydrogen-bond donors (Lipinski definition) is 0. The lowest BCUT2D eigenvalue weighted by Gasteiger charge is -2.06. The number of esters is 1. The van der Waals surface area contributed by atoms with Gasteiger partial charge in [-0.25, -0.2) is 13.2 Å². The quantitative estimate of drug-likeness (QED) is 0.619. The van der Waals surface area contributed by atoms with Crippen LogP contribution in [0.2, 0.25) is 5.02 Å². The average molecular weight is 383 g/mol. The number of nitrogens with zero attached hydrogens (tertiary/aromatic N) is 2.